The minimum atomic E-state index is -0.161. The van der Waals surface area contributed by atoms with Crippen molar-refractivity contribution in [3.63, 3.8) is 0 Å². The number of alkyl halides is 1. The number of halogens is 2. The molecule has 0 aliphatic carbocycles. The maximum Gasteiger partial charge on any atom is 0.185 e. The fourth-order valence-electron chi connectivity index (χ4n) is 2.45. The zero-order chi connectivity index (χ0) is 19.1. The van der Waals surface area contributed by atoms with Gasteiger partial charge in [-0.2, -0.15) is 0 Å². The molecule has 0 spiro atoms. The zero-order valence-electron chi connectivity index (χ0n) is 14.6. The molecule has 2 aromatic carbocycles. The first-order chi connectivity index (χ1) is 12.5. The molecule has 0 radical (unpaired) electrons. The highest BCUT2D eigenvalue weighted by atomic mass is 79.9. The van der Waals surface area contributed by atoms with Crippen LogP contribution >= 0.6 is 27.5 Å². The SMILES string of the molecule is CCOc1cc(C=CC(=O)c2ccc(O)c(CCCl)c2)cc(Br)c1OC. The van der Waals surface area contributed by atoms with E-state index in [0.717, 1.165) is 10.0 Å². The predicted molar refractivity (Wildman–Crippen MR) is 108 cm³/mol. The van der Waals surface area contributed by atoms with Crippen molar-refractivity contribution in [3.05, 3.63) is 57.6 Å². The number of aryl methyl sites for hydroxylation is 1. The summed E-state index contributed by atoms with van der Waals surface area (Å²) >= 11 is 9.18. The molecule has 0 bridgehead atoms. The van der Waals surface area contributed by atoms with Gasteiger partial charge in [-0.15, -0.1) is 11.6 Å². The predicted octanol–water partition coefficient (Wildman–Crippen LogP) is 5.24. The second kappa shape index (κ2) is 9.64. The number of carbonyl (C=O) groups is 1. The first-order valence-corrected chi connectivity index (χ1v) is 9.43. The number of rotatable bonds is 8. The Morgan fingerprint density at radius 2 is 2.08 bits per heavy atom. The quantitative estimate of drug-likeness (QED) is 0.347. The van der Waals surface area contributed by atoms with Crippen LogP contribution in [0.3, 0.4) is 0 Å². The Bertz CT molecular complexity index is 818. The molecule has 0 amide bonds. The molecular weight excluding hydrogens is 420 g/mol. The van der Waals surface area contributed by atoms with Crippen LogP contribution in [-0.2, 0) is 6.42 Å². The van der Waals surface area contributed by atoms with Crippen molar-refractivity contribution in [2.24, 2.45) is 0 Å². The van der Waals surface area contributed by atoms with Crippen molar-refractivity contribution >= 4 is 39.4 Å². The second-order valence-corrected chi connectivity index (χ2v) is 6.68. The molecular formula is C20H20BrClO4. The standard InChI is InChI=1S/C20H20BrClO4/c1-3-26-19-11-13(10-16(21)20(19)25-2)4-6-17(23)14-5-7-18(24)15(12-14)8-9-22/h4-7,10-12,24H,3,8-9H2,1-2H3. The average Bonchev–Trinajstić information content (AvgIpc) is 2.62. The molecule has 0 unspecified atom stereocenters. The van der Waals surface area contributed by atoms with Crippen molar-refractivity contribution in [2.45, 2.75) is 13.3 Å². The van der Waals surface area contributed by atoms with E-state index in [-0.39, 0.29) is 11.5 Å². The molecule has 2 aromatic rings. The summed E-state index contributed by atoms with van der Waals surface area (Å²) in [6.07, 6.45) is 3.70. The Labute approximate surface area is 166 Å². The number of benzene rings is 2. The highest BCUT2D eigenvalue weighted by molar-refractivity contribution is 9.10. The largest absolute Gasteiger partial charge is 0.508 e. The monoisotopic (exact) mass is 438 g/mol. The minimum Gasteiger partial charge on any atom is -0.508 e. The molecule has 6 heteroatoms. The van der Waals surface area contributed by atoms with Gasteiger partial charge in [0.1, 0.15) is 5.75 Å². The van der Waals surface area contributed by atoms with Gasteiger partial charge in [-0.05, 0) is 76.8 Å². The van der Waals surface area contributed by atoms with E-state index in [1.807, 2.05) is 19.1 Å². The van der Waals surface area contributed by atoms with E-state index in [2.05, 4.69) is 15.9 Å². The van der Waals surface area contributed by atoms with Crippen molar-refractivity contribution in [3.8, 4) is 17.2 Å². The second-order valence-electron chi connectivity index (χ2n) is 5.45. The lowest BCUT2D eigenvalue weighted by Gasteiger charge is -2.12. The van der Waals surface area contributed by atoms with Crippen molar-refractivity contribution in [2.75, 3.05) is 19.6 Å². The number of aromatic hydroxyl groups is 1. The highest BCUT2D eigenvalue weighted by Crippen LogP contribution is 2.37. The molecule has 0 atom stereocenters. The molecule has 0 saturated heterocycles. The third kappa shape index (κ3) is 5.02. The average molecular weight is 440 g/mol. The normalized spacial score (nSPS) is 10.9. The summed E-state index contributed by atoms with van der Waals surface area (Å²) in [6.45, 7) is 2.40. The van der Waals surface area contributed by atoms with Crippen LogP contribution in [0.1, 0.15) is 28.4 Å². The van der Waals surface area contributed by atoms with Gasteiger partial charge in [0.15, 0.2) is 17.3 Å². The molecule has 0 heterocycles. The zero-order valence-corrected chi connectivity index (χ0v) is 16.9. The van der Waals surface area contributed by atoms with Gasteiger partial charge in [-0.1, -0.05) is 6.08 Å². The molecule has 4 nitrogen and oxygen atoms in total. The minimum absolute atomic E-state index is 0.145. The van der Waals surface area contributed by atoms with Gasteiger partial charge in [0.25, 0.3) is 0 Å². The number of methoxy groups -OCH3 is 1. The van der Waals surface area contributed by atoms with Gasteiger partial charge < -0.3 is 14.6 Å². The lowest BCUT2D eigenvalue weighted by Crippen LogP contribution is -1.98. The maximum atomic E-state index is 12.4. The van der Waals surface area contributed by atoms with Gasteiger partial charge in [-0.25, -0.2) is 0 Å². The van der Waals surface area contributed by atoms with Crippen LogP contribution in [0, 0.1) is 0 Å². The molecule has 0 aliphatic rings. The lowest BCUT2D eigenvalue weighted by molar-refractivity contribution is 0.104. The molecule has 138 valence electrons. The fourth-order valence-corrected chi connectivity index (χ4v) is 3.28. The van der Waals surface area contributed by atoms with E-state index in [9.17, 15) is 9.90 Å². The van der Waals surface area contributed by atoms with Crippen molar-refractivity contribution in [1.82, 2.24) is 0 Å². The van der Waals surface area contributed by atoms with E-state index < -0.39 is 0 Å². The third-order valence-electron chi connectivity index (χ3n) is 3.69. The Balaban J connectivity index is 2.26. The number of phenolic OH excluding ortho intramolecular Hbond substituents is 1. The third-order valence-corrected chi connectivity index (χ3v) is 4.47. The van der Waals surface area contributed by atoms with Crippen LogP contribution in [0.15, 0.2) is 40.9 Å². The molecule has 26 heavy (non-hydrogen) atoms. The van der Waals surface area contributed by atoms with E-state index in [1.165, 1.54) is 12.1 Å². The summed E-state index contributed by atoms with van der Waals surface area (Å²) in [4.78, 5) is 12.4. The van der Waals surface area contributed by atoms with Crippen LogP contribution in [0.5, 0.6) is 17.2 Å². The Kier molecular flexibility index (Phi) is 7.54. The number of hydrogen-bond donors (Lipinski definition) is 1. The van der Waals surface area contributed by atoms with Crippen LogP contribution in [0.4, 0.5) is 0 Å². The van der Waals surface area contributed by atoms with Crippen LogP contribution in [-0.4, -0.2) is 30.5 Å². The van der Waals surface area contributed by atoms with Gasteiger partial charge in [-0.3, -0.25) is 4.79 Å². The first kappa shape index (κ1) is 20.3. The lowest BCUT2D eigenvalue weighted by atomic mass is 10.0. The summed E-state index contributed by atoms with van der Waals surface area (Å²) in [5, 5.41) is 9.80. The smallest absolute Gasteiger partial charge is 0.185 e. The number of ether oxygens (including phenoxy) is 2. The van der Waals surface area contributed by atoms with E-state index in [1.54, 1.807) is 25.3 Å². The number of allylic oxidation sites excluding steroid dienone is 1. The Hall–Kier alpha value is -1.98. The van der Waals surface area contributed by atoms with Gasteiger partial charge in [0.05, 0.1) is 18.2 Å². The van der Waals surface area contributed by atoms with Gasteiger partial charge in [0.2, 0.25) is 0 Å². The van der Waals surface area contributed by atoms with Crippen LogP contribution < -0.4 is 9.47 Å². The Morgan fingerprint density at radius 1 is 1.31 bits per heavy atom. The van der Waals surface area contributed by atoms with Crippen molar-refractivity contribution < 1.29 is 19.4 Å². The molecule has 0 aromatic heterocycles. The Morgan fingerprint density at radius 3 is 2.73 bits per heavy atom. The fraction of sp³-hybridized carbons (Fsp3) is 0.250. The molecule has 2 rings (SSSR count). The number of carbonyl (C=O) groups excluding carboxylic acids is 1. The molecule has 0 fully saturated rings. The highest BCUT2D eigenvalue weighted by Gasteiger charge is 2.11. The van der Waals surface area contributed by atoms with Gasteiger partial charge >= 0.3 is 0 Å². The summed E-state index contributed by atoms with van der Waals surface area (Å²) in [7, 11) is 1.57. The topological polar surface area (TPSA) is 55.8 Å². The maximum absolute atomic E-state index is 12.4. The number of phenols is 1. The summed E-state index contributed by atoms with van der Waals surface area (Å²) < 4.78 is 11.7. The molecule has 0 aliphatic heterocycles. The van der Waals surface area contributed by atoms with E-state index in [0.29, 0.717) is 41.5 Å². The van der Waals surface area contributed by atoms with Crippen LogP contribution in [0.25, 0.3) is 6.08 Å². The molecule has 0 saturated carbocycles. The first-order valence-electron chi connectivity index (χ1n) is 8.10. The van der Waals surface area contributed by atoms with E-state index in [4.69, 9.17) is 21.1 Å². The number of ketones is 1. The van der Waals surface area contributed by atoms with Crippen LogP contribution in [0.2, 0.25) is 0 Å². The van der Waals surface area contributed by atoms with E-state index >= 15 is 0 Å². The summed E-state index contributed by atoms with van der Waals surface area (Å²) in [5.41, 5.74) is 1.95. The summed E-state index contributed by atoms with van der Waals surface area (Å²) in [5.74, 6) is 1.57. The molecule has 1 N–H and O–H groups in total. The summed E-state index contributed by atoms with van der Waals surface area (Å²) in [6, 6.07) is 8.43. The van der Waals surface area contributed by atoms with Crippen molar-refractivity contribution in [1.29, 1.82) is 0 Å². The van der Waals surface area contributed by atoms with Gasteiger partial charge in [0, 0.05) is 11.4 Å². The number of hydrogen-bond acceptors (Lipinski definition) is 4.